The third kappa shape index (κ3) is 5.16. The molecular weight excluding hydrogens is 348 g/mol. The molecule has 0 spiro atoms. The molecule has 3 rings (SSSR count). The fourth-order valence-electron chi connectivity index (χ4n) is 2.93. The lowest BCUT2D eigenvalue weighted by molar-refractivity contribution is 0.0980. The van der Waals surface area contributed by atoms with Gasteiger partial charge in [0.15, 0.2) is 0 Å². The molecule has 0 unspecified atom stereocenters. The maximum Gasteiger partial charge on any atom is 0.277 e. The Kier molecular flexibility index (Phi) is 6.73. The smallest absolute Gasteiger partial charge is 0.277 e. The van der Waals surface area contributed by atoms with E-state index in [1.54, 1.807) is 11.0 Å². The van der Waals surface area contributed by atoms with Crippen molar-refractivity contribution in [3.63, 3.8) is 0 Å². The number of nitrogens with one attached hydrogen (secondary N) is 1. The van der Waals surface area contributed by atoms with Crippen LogP contribution in [0.25, 0.3) is 0 Å². The Bertz CT molecular complexity index is 897. The molecule has 0 atom stereocenters. The van der Waals surface area contributed by atoms with Gasteiger partial charge < -0.3 is 10.2 Å². The molecule has 2 aromatic carbocycles. The van der Waals surface area contributed by atoms with E-state index in [1.807, 2.05) is 67.6 Å². The molecule has 0 saturated carbocycles. The third-order valence-electron chi connectivity index (χ3n) is 4.38. The molecule has 0 aliphatic rings. The summed E-state index contributed by atoms with van der Waals surface area (Å²) in [7, 11) is 0. The van der Waals surface area contributed by atoms with Crippen LogP contribution >= 0.6 is 0 Å². The molecule has 1 aromatic heterocycles. The number of aromatic nitrogens is 2. The van der Waals surface area contributed by atoms with Crippen LogP contribution in [0.4, 0.5) is 11.6 Å². The van der Waals surface area contributed by atoms with E-state index in [9.17, 15) is 4.79 Å². The Morgan fingerprint density at radius 3 is 2.36 bits per heavy atom. The Morgan fingerprint density at radius 2 is 1.68 bits per heavy atom. The summed E-state index contributed by atoms with van der Waals surface area (Å²) in [6.45, 7) is 5.29. The van der Waals surface area contributed by atoms with Gasteiger partial charge in [0.25, 0.3) is 5.91 Å². The number of amides is 1. The van der Waals surface area contributed by atoms with Crippen molar-refractivity contribution in [3.05, 3.63) is 83.7 Å². The molecule has 0 aliphatic heterocycles. The number of hydrogen-bond acceptors (Lipinski definition) is 4. The van der Waals surface area contributed by atoms with E-state index in [0.717, 1.165) is 36.3 Å². The number of rotatable bonds is 8. The van der Waals surface area contributed by atoms with Gasteiger partial charge in [-0.2, -0.15) is 0 Å². The predicted octanol–water partition coefficient (Wildman–Crippen LogP) is 4.84. The number of anilines is 2. The summed E-state index contributed by atoms with van der Waals surface area (Å²) in [4.78, 5) is 24.0. The number of carbonyl (C=O) groups is 1. The lowest BCUT2D eigenvalue weighted by atomic mass is 10.1. The quantitative estimate of drug-likeness (QED) is 0.573. The normalized spacial score (nSPS) is 10.5. The summed E-state index contributed by atoms with van der Waals surface area (Å²) in [6.07, 6.45) is 2.12. The van der Waals surface area contributed by atoms with E-state index in [-0.39, 0.29) is 5.91 Å². The topological polar surface area (TPSA) is 58.1 Å². The molecule has 0 radical (unpaired) electrons. The van der Waals surface area contributed by atoms with Crippen molar-refractivity contribution in [3.8, 4) is 0 Å². The molecule has 0 aliphatic carbocycles. The molecule has 0 fully saturated rings. The zero-order chi connectivity index (χ0) is 19.8. The number of unbranched alkanes of at least 4 members (excludes halogenated alkanes) is 1. The molecule has 0 saturated heterocycles. The molecular formula is C23H26N4O. The van der Waals surface area contributed by atoms with E-state index in [1.165, 1.54) is 0 Å². The minimum atomic E-state index is -0.140. The van der Waals surface area contributed by atoms with Crippen LogP contribution < -0.4 is 10.2 Å². The summed E-state index contributed by atoms with van der Waals surface area (Å²) in [6, 6.07) is 21.4. The molecule has 144 valence electrons. The minimum Gasteiger partial charge on any atom is -0.354 e. The first kappa shape index (κ1) is 19.5. The summed E-state index contributed by atoms with van der Waals surface area (Å²) >= 11 is 0. The van der Waals surface area contributed by atoms with Crippen molar-refractivity contribution in [2.75, 3.05) is 16.8 Å². The van der Waals surface area contributed by atoms with Gasteiger partial charge in [0.05, 0.1) is 6.54 Å². The third-order valence-corrected chi connectivity index (χ3v) is 4.38. The van der Waals surface area contributed by atoms with Gasteiger partial charge >= 0.3 is 0 Å². The Balaban J connectivity index is 1.90. The van der Waals surface area contributed by atoms with Gasteiger partial charge in [-0.3, -0.25) is 4.79 Å². The van der Waals surface area contributed by atoms with Gasteiger partial charge in [-0.15, -0.1) is 0 Å². The van der Waals surface area contributed by atoms with Crippen molar-refractivity contribution in [1.82, 2.24) is 9.97 Å². The van der Waals surface area contributed by atoms with Crippen LogP contribution in [0.3, 0.4) is 0 Å². The van der Waals surface area contributed by atoms with Crippen molar-refractivity contribution < 1.29 is 4.79 Å². The highest BCUT2D eigenvalue weighted by molar-refractivity contribution is 6.04. The highest BCUT2D eigenvalue weighted by atomic mass is 16.2. The maximum absolute atomic E-state index is 13.4. The number of benzene rings is 2. The summed E-state index contributed by atoms with van der Waals surface area (Å²) in [5, 5.41) is 3.22. The van der Waals surface area contributed by atoms with Gasteiger partial charge in [-0.1, -0.05) is 61.9 Å². The molecule has 5 nitrogen and oxygen atoms in total. The fourth-order valence-corrected chi connectivity index (χ4v) is 2.93. The van der Waals surface area contributed by atoms with Crippen LogP contribution in [0.2, 0.25) is 0 Å². The maximum atomic E-state index is 13.4. The Hall–Kier alpha value is -3.21. The van der Waals surface area contributed by atoms with Gasteiger partial charge in [0.1, 0.15) is 5.69 Å². The number of nitrogens with zero attached hydrogens (tertiary/aromatic N) is 3. The molecule has 1 heterocycles. The van der Waals surface area contributed by atoms with E-state index in [4.69, 9.17) is 0 Å². The van der Waals surface area contributed by atoms with Crippen LogP contribution in [-0.4, -0.2) is 22.4 Å². The lowest BCUT2D eigenvalue weighted by Gasteiger charge is -2.23. The first-order valence-corrected chi connectivity index (χ1v) is 9.67. The van der Waals surface area contributed by atoms with Crippen LogP contribution in [0.15, 0.2) is 66.7 Å². The Morgan fingerprint density at radius 1 is 1.00 bits per heavy atom. The first-order chi connectivity index (χ1) is 13.7. The van der Waals surface area contributed by atoms with E-state index in [2.05, 4.69) is 22.2 Å². The molecule has 3 aromatic rings. The Labute approximate surface area is 166 Å². The fraction of sp³-hybridized carbons (Fsp3) is 0.261. The standard InChI is InChI=1S/C23H26N4O/c1-3-4-15-24-23-25-18(2)16-21(26-23)22(28)27(20-13-9-6-10-14-20)17-19-11-7-5-8-12-19/h5-14,16H,3-4,15,17H2,1-2H3,(H,24,25,26). The van der Waals surface area contributed by atoms with E-state index in [0.29, 0.717) is 18.2 Å². The lowest BCUT2D eigenvalue weighted by Crippen LogP contribution is -2.31. The number of aryl methyl sites for hydroxylation is 1. The van der Waals surface area contributed by atoms with Gasteiger partial charge in [-0.25, -0.2) is 9.97 Å². The van der Waals surface area contributed by atoms with Crippen molar-refractivity contribution in [1.29, 1.82) is 0 Å². The van der Waals surface area contributed by atoms with Gasteiger partial charge in [0.2, 0.25) is 5.95 Å². The number of hydrogen-bond donors (Lipinski definition) is 1. The number of para-hydroxylation sites is 1. The number of carbonyl (C=O) groups excluding carboxylic acids is 1. The molecule has 0 bridgehead atoms. The van der Waals surface area contributed by atoms with Gasteiger partial charge in [0, 0.05) is 17.9 Å². The van der Waals surface area contributed by atoms with Crippen LogP contribution in [0, 0.1) is 6.92 Å². The van der Waals surface area contributed by atoms with Crippen LogP contribution in [0.5, 0.6) is 0 Å². The van der Waals surface area contributed by atoms with E-state index < -0.39 is 0 Å². The van der Waals surface area contributed by atoms with Crippen LogP contribution in [-0.2, 0) is 6.54 Å². The summed E-state index contributed by atoms with van der Waals surface area (Å²) < 4.78 is 0. The molecule has 28 heavy (non-hydrogen) atoms. The second-order valence-electron chi connectivity index (χ2n) is 6.71. The molecule has 5 heteroatoms. The summed E-state index contributed by atoms with van der Waals surface area (Å²) in [5.74, 6) is 0.364. The zero-order valence-corrected chi connectivity index (χ0v) is 16.4. The molecule has 1 N–H and O–H groups in total. The largest absolute Gasteiger partial charge is 0.354 e. The predicted molar refractivity (Wildman–Crippen MR) is 114 cm³/mol. The second kappa shape index (κ2) is 9.65. The average Bonchev–Trinajstić information content (AvgIpc) is 2.73. The highest BCUT2D eigenvalue weighted by Gasteiger charge is 2.20. The highest BCUT2D eigenvalue weighted by Crippen LogP contribution is 2.20. The van der Waals surface area contributed by atoms with Crippen molar-refractivity contribution in [2.24, 2.45) is 0 Å². The molecule has 1 amide bonds. The van der Waals surface area contributed by atoms with E-state index >= 15 is 0 Å². The van der Waals surface area contributed by atoms with Crippen LogP contribution in [0.1, 0.15) is 41.5 Å². The second-order valence-corrected chi connectivity index (χ2v) is 6.71. The van der Waals surface area contributed by atoms with Gasteiger partial charge in [-0.05, 0) is 37.1 Å². The van der Waals surface area contributed by atoms with Crippen molar-refractivity contribution >= 4 is 17.5 Å². The first-order valence-electron chi connectivity index (χ1n) is 9.67. The minimum absolute atomic E-state index is 0.140. The monoisotopic (exact) mass is 374 g/mol. The SMILES string of the molecule is CCCCNc1nc(C)cc(C(=O)N(Cc2ccccc2)c2ccccc2)n1. The average molecular weight is 374 g/mol. The summed E-state index contributed by atoms with van der Waals surface area (Å²) in [5.41, 5.74) is 3.07. The van der Waals surface area contributed by atoms with Crippen molar-refractivity contribution in [2.45, 2.75) is 33.2 Å². The zero-order valence-electron chi connectivity index (χ0n) is 16.4.